The summed E-state index contributed by atoms with van der Waals surface area (Å²) in [6, 6.07) is 64.8. The molecule has 3 heteroatoms. The molecule has 0 amide bonds. The van der Waals surface area contributed by atoms with Gasteiger partial charge in [0.05, 0.1) is 27.6 Å². The molecule has 0 unspecified atom stereocenters. The Bertz CT molecular complexity index is 3790. The van der Waals surface area contributed by atoms with Crippen molar-refractivity contribution in [3.8, 4) is 5.69 Å². The lowest BCUT2D eigenvalue weighted by Crippen LogP contribution is -1.96. The van der Waals surface area contributed by atoms with E-state index in [9.17, 15) is 0 Å². The predicted molar refractivity (Wildman–Crippen MR) is 230 cm³/mol. The highest BCUT2D eigenvalue weighted by molar-refractivity contribution is 6.31. The van der Waals surface area contributed by atoms with Crippen molar-refractivity contribution >= 4 is 114 Å². The molecule has 0 bridgehead atoms. The summed E-state index contributed by atoms with van der Waals surface area (Å²) < 4.78 is 4.87. The molecule has 3 aromatic heterocycles. The third-order valence-electron chi connectivity index (χ3n) is 12.0. The molecule has 3 nitrogen and oxygen atoms in total. The zero-order chi connectivity index (χ0) is 35.1. The van der Waals surface area contributed by atoms with Crippen molar-refractivity contribution in [1.29, 1.82) is 0 Å². The highest BCUT2D eigenvalue weighted by Crippen LogP contribution is 2.44. The van der Waals surface area contributed by atoms with Gasteiger partial charge in [-0.3, -0.25) is 4.40 Å². The highest BCUT2D eigenvalue weighted by atomic mass is 15.0. The molecule has 0 saturated heterocycles. The number of pyridine rings is 1. The Labute approximate surface area is 308 Å². The Kier molecular flexibility index (Phi) is 5.37. The van der Waals surface area contributed by atoms with Crippen LogP contribution in [-0.2, 0) is 0 Å². The third kappa shape index (κ3) is 3.58. The van der Waals surface area contributed by atoms with E-state index >= 15 is 0 Å². The lowest BCUT2D eigenvalue weighted by molar-refractivity contribution is 1.18. The number of imidazole rings is 1. The maximum Gasteiger partial charge on any atom is 0.147 e. The number of aromatic nitrogens is 3. The van der Waals surface area contributed by atoms with Gasteiger partial charge in [0.25, 0.3) is 0 Å². The Morgan fingerprint density at radius 2 is 0.889 bits per heavy atom. The second-order valence-electron chi connectivity index (χ2n) is 14.7. The summed E-state index contributed by atoms with van der Waals surface area (Å²) in [5, 5.41) is 18.8. The molecular weight excluding hydrogens is 655 g/mol. The summed E-state index contributed by atoms with van der Waals surface area (Å²) in [6.45, 7) is 0. The van der Waals surface area contributed by atoms with E-state index in [1.807, 2.05) is 0 Å². The largest absolute Gasteiger partial charge is 0.309 e. The van der Waals surface area contributed by atoms with Gasteiger partial charge in [-0.05, 0) is 102 Å². The summed E-state index contributed by atoms with van der Waals surface area (Å²) in [7, 11) is 0. The fourth-order valence-electron chi connectivity index (χ4n) is 9.71. The lowest BCUT2D eigenvalue weighted by atomic mass is 9.93. The van der Waals surface area contributed by atoms with Gasteiger partial charge < -0.3 is 4.57 Å². The first-order valence-electron chi connectivity index (χ1n) is 18.6. The molecule has 248 valence electrons. The summed E-state index contributed by atoms with van der Waals surface area (Å²) in [5.74, 6) is 0. The van der Waals surface area contributed by atoms with Gasteiger partial charge in [-0.1, -0.05) is 133 Å². The van der Waals surface area contributed by atoms with Gasteiger partial charge in [0.15, 0.2) is 0 Å². The van der Waals surface area contributed by atoms with Crippen LogP contribution < -0.4 is 0 Å². The smallest absolute Gasteiger partial charge is 0.147 e. The zero-order valence-electron chi connectivity index (χ0n) is 29.1. The number of fused-ring (bicyclic) bond motifs is 21. The van der Waals surface area contributed by atoms with Gasteiger partial charge in [-0.15, -0.1) is 0 Å². The van der Waals surface area contributed by atoms with Crippen LogP contribution in [-0.4, -0.2) is 14.0 Å². The SMILES string of the molecule is c1ccc2c(c1)ccc1c2c2cc3c4ccccc4c4ccccc4c3cc2n1-c1ccc2nc3c4c5ccccc5ccc4c4ccccc4n3c2c1. The minimum absolute atomic E-state index is 0.985. The Morgan fingerprint density at radius 1 is 0.315 bits per heavy atom. The van der Waals surface area contributed by atoms with E-state index in [0.29, 0.717) is 0 Å². The van der Waals surface area contributed by atoms with Gasteiger partial charge >= 0.3 is 0 Å². The molecular formula is C51H29N3. The summed E-state index contributed by atoms with van der Waals surface area (Å²) >= 11 is 0. The number of benzene rings is 10. The Balaban J connectivity index is 1.21. The molecule has 0 fully saturated rings. The maximum atomic E-state index is 5.39. The van der Waals surface area contributed by atoms with Crippen molar-refractivity contribution in [2.45, 2.75) is 0 Å². The van der Waals surface area contributed by atoms with E-state index in [0.717, 1.165) is 27.9 Å². The molecule has 54 heavy (non-hydrogen) atoms. The molecule has 13 aromatic rings. The van der Waals surface area contributed by atoms with E-state index in [2.05, 4.69) is 185 Å². The molecule has 3 heterocycles. The van der Waals surface area contributed by atoms with Gasteiger partial charge in [-0.2, -0.15) is 0 Å². The molecule has 13 rings (SSSR count). The molecule has 0 radical (unpaired) electrons. The second-order valence-corrected chi connectivity index (χ2v) is 14.7. The maximum absolute atomic E-state index is 5.39. The van der Waals surface area contributed by atoms with Crippen LogP contribution in [0, 0.1) is 0 Å². The van der Waals surface area contributed by atoms with Crippen molar-refractivity contribution < 1.29 is 0 Å². The lowest BCUT2D eigenvalue weighted by Gasteiger charge is -2.13. The third-order valence-corrected chi connectivity index (χ3v) is 12.0. The first-order valence-corrected chi connectivity index (χ1v) is 18.6. The minimum Gasteiger partial charge on any atom is -0.309 e. The molecule has 10 aromatic carbocycles. The average molecular weight is 684 g/mol. The van der Waals surface area contributed by atoms with E-state index in [4.69, 9.17) is 4.98 Å². The predicted octanol–water partition coefficient (Wildman–Crippen LogP) is 13.7. The zero-order valence-corrected chi connectivity index (χ0v) is 29.1. The topological polar surface area (TPSA) is 22.2 Å². The Hall–Kier alpha value is -7.23. The van der Waals surface area contributed by atoms with Gasteiger partial charge in [0.2, 0.25) is 0 Å². The number of hydrogen-bond donors (Lipinski definition) is 0. The second kappa shape index (κ2) is 10.2. The first-order chi connectivity index (χ1) is 26.8. The van der Waals surface area contributed by atoms with Crippen LogP contribution >= 0.6 is 0 Å². The van der Waals surface area contributed by atoms with Crippen molar-refractivity contribution in [3.63, 3.8) is 0 Å². The highest BCUT2D eigenvalue weighted by Gasteiger charge is 2.20. The number of nitrogens with zero attached hydrogens (tertiary/aromatic N) is 3. The number of hydrogen-bond acceptors (Lipinski definition) is 1. The molecule has 0 saturated carbocycles. The van der Waals surface area contributed by atoms with Crippen LogP contribution in [0.25, 0.3) is 120 Å². The summed E-state index contributed by atoms with van der Waals surface area (Å²) in [6.07, 6.45) is 0. The standard InChI is InChI=1S/C51H29N3/c1-3-13-33-31(12-1)22-26-46-49(33)43-28-41-37-17-7-5-15-35(37)36-16-6-8-18-38(36)42(41)29-47(43)53(46)32-23-25-44-48(27-32)54-45-20-10-9-19-39(45)40-24-21-30-11-2-4-14-34(30)50(40)51(54)52-44/h1-29H. The van der Waals surface area contributed by atoms with Crippen LogP contribution in [0.1, 0.15) is 0 Å². The van der Waals surface area contributed by atoms with E-state index in [1.54, 1.807) is 0 Å². The molecule has 0 aliphatic heterocycles. The van der Waals surface area contributed by atoms with Crippen LogP contribution in [0.3, 0.4) is 0 Å². The van der Waals surface area contributed by atoms with Gasteiger partial charge in [0, 0.05) is 27.2 Å². The first kappa shape index (κ1) is 28.4. The van der Waals surface area contributed by atoms with Gasteiger partial charge in [0.1, 0.15) is 5.65 Å². The van der Waals surface area contributed by atoms with Crippen LogP contribution in [0.15, 0.2) is 176 Å². The van der Waals surface area contributed by atoms with Crippen LogP contribution in [0.5, 0.6) is 0 Å². The quantitative estimate of drug-likeness (QED) is 0.158. The molecule has 0 N–H and O–H groups in total. The van der Waals surface area contributed by atoms with Crippen molar-refractivity contribution in [2.75, 3.05) is 0 Å². The van der Waals surface area contributed by atoms with Crippen molar-refractivity contribution in [3.05, 3.63) is 176 Å². The van der Waals surface area contributed by atoms with Crippen LogP contribution in [0.4, 0.5) is 0 Å². The summed E-state index contributed by atoms with van der Waals surface area (Å²) in [5.41, 5.74) is 7.75. The van der Waals surface area contributed by atoms with Crippen LogP contribution in [0.2, 0.25) is 0 Å². The fourth-order valence-corrected chi connectivity index (χ4v) is 9.71. The van der Waals surface area contributed by atoms with E-state index in [-0.39, 0.29) is 0 Å². The Morgan fingerprint density at radius 3 is 1.61 bits per heavy atom. The van der Waals surface area contributed by atoms with Crippen molar-refractivity contribution in [2.24, 2.45) is 0 Å². The van der Waals surface area contributed by atoms with E-state index in [1.165, 1.54) is 91.8 Å². The molecule has 0 aliphatic carbocycles. The molecule has 0 aliphatic rings. The number of para-hydroxylation sites is 1. The average Bonchev–Trinajstić information content (AvgIpc) is 3.78. The molecule has 0 atom stereocenters. The summed E-state index contributed by atoms with van der Waals surface area (Å²) in [4.78, 5) is 5.39. The van der Waals surface area contributed by atoms with Gasteiger partial charge in [-0.25, -0.2) is 4.98 Å². The molecule has 0 spiro atoms. The van der Waals surface area contributed by atoms with Crippen molar-refractivity contribution in [1.82, 2.24) is 14.0 Å². The monoisotopic (exact) mass is 683 g/mol. The minimum atomic E-state index is 0.985. The van der Waals surface area contributed by atoms with E-state index < -0.39 is 0 Å². The normalized spacial score (nSPS) is 12.4. The number of rotatable bonds is 1. The fraction of sp³-hybridized carbons (Fsp3) is 0.